The zero-order valence-corrected chi connectivity index (χ0v) is 8.73. The van der Waals surface area contributed by atoms with E-state index in [-0.39, 0.29) is 0 Å². The van der Waals surface area contributed by atoms with Crippen LogP contribution in [0.3, 0.4) is 0 Å². The number of anilines is 1. The van der Waals surface area contributed by atoms with Gasteiger partial charge < -0.3 is 10.1 Å². The van der Waals surface area contributed by atoms with E-state index in [1.165, 1.54) is 0 Å². The Kier molecular flexibility index (Phi) is 2.89. The Hall–Kier alpha value is -1.53. The van der Waals surface area contributed by atoms with Crippen LogP contribution in [0.15, 0.2) is 24.3 Å². The van der Waals surface area contributed by atoms with E-state index in [2.05, 4.69) is 11.4 Å². The van der Waals surface area contributed by atoms with Crippen LogP contribution in [-0.2, 0) is 4.74 Å². The number of hydrogen-bond donors (Lipinski definition) is 1. The standard InChI is InChI=1S/C12H14N2O/c1-15-11-6-10(7-11)14-12-5-3-2-4-9(12)8-13/h2-5,10-11,14H,6-7H2,1H3. The number of para-hydroxylation sites is 1. The van der Waals surface area contributed by atoms with E-state index in [0.717, 1.165) is 18.5 Å². The fourth-order valence-electron chi connectivity index (χ4n) is 1.80. The molecule has 78 valence electrons. The first-order valence-electron chi connectivity index (χ1n) is 5.12. The van der Waals surface area contributed by atoms with E-state index in [4.69, 9.17) is 10.00 Å². The molecule has 1 fully saturated rings. The van der Waals surface area contributed by atoms with Crippen molar-refractivity contribution in [2.24, 2.45) is 0 Å². The summed E-state index contributed by atoms with van der Waals surface area (Å²) in [5.41, 5.74) is 1.64. The van der Waals surface area contributed by atoms with E-state index in [0.29, 0.717) is 17.7 Å². The smallest absolute Gasteiger partial charge is 0.101 e. The summed E-state index contributed by atoms with van der Waals surface area (Å²) < 4.78 is 5.21. The maximum Gasteiger partial charge on any atom is 0.101 e. The highest BCUT2D eigenvalue weighted by atomic mass is 16.5. The van der Waals surface area contributed by atoms with Crippen molar-refractivity contribution in [3.05, 3.63) is 29.8 Å². The van der Waals surface area contributed by atoms with Crippen LogP contribution in [0.2, 0.25) is 0 Å². The monoisotopic (exact) mass is 202 g/mol. The van der Waals surface area contributed by atoms with E-state index in [1.54, 1.807) is 7.11 Å². The van der Waals surface area contributed by atoms with Crippen LogP contribution in [0, 0.1) is 11.3 Å². The molecule has 0 spiro atoms. The van der Waals surface area contributed by atoms with Crippen molar-refractivity contribution < 1.29 is 4.74 Å². The van der Waals surface area contributed by atoms with Crippen molar-refractivity contribution >= 4 is 5.69 Å². The van der Waals surface area contributed by atoms with Crippen LogP contribution in [0.5, 0.6) is 0 Å². The van der Waals surface area contributed by atoms with Crippen LogP contribution in [-0.4, -0.2) is 19.3 Å². The summed E-state index contributed by atoms with van der Waals surface area (Å²) in [5.74, 6) is 0. The minimum atomic E-state index is 0.386. The first-order chi connectivity index (χ1) is 7.33. The molecule has 0 heterocycles. The molecule has 0 amide bonds. The highest BCUT2D eigenvalue weighted by molar-refractivity contribution is 5.57. The number of hydrogen-bond acceptors (Lipinski definition) is 3. The largest absolute Gasteiger partial charge is 0.381 e. The van der Waals surface area contributed by atoms with Crippen molar-refractivity contribution in [3.8, 4) is 6.07 Å². The predicted octanol–water partition coefficient (Wildman–Crippen LogP) is 2.15. The van der Waals surface area contributed by atoms with Gasteiger partial charge in [-0.2, -0.15) is 5.26 Å². The summed E-state index contributed by atoms with van der Waals surface area (Å²) in [6.45, 7) is 0. The van der Waals surface area contributed by atoms with Crippen molar-refractivity contribution in [1.29, 1.82) is 5.26 Å². The number of benzene rings is 1. The summed E-state index contributed by atoms with van der Waals surface area (Å²) in [5, 5.41) is 12.3. The van der Waals surface area contributed by atoms with Crippen LogP contribution in [0.4, 0.5) is 5.69 Å². The van der Waals surface area contributed by atoms with Crippen LogP contribution < -0.4 is 5.32 Å². The van der Waals surface area contributed by atoms with Gasteiger partial charge in [0.2, 0.25) is 0 Å². The summed E-state index contributed by atoms with van der Waals surface area (Å²) >= 11 is 0. The number of methoxy groups -OCH3 is 1. The molecule has 1 saturated carbocycles. The second kappa shape index (κ2) is 4.33. The molecule has 0 saturated heterocycles. The van der Waals surface area contributed by atoms with Gasteiger partial charge in [-0.3, -0.25) is 0 Å². The maximum atomic E-state index is 8.91. The first kappa shape index (κ1) is 10.0. The van der Waals surface area contributed by atoms with Crippen molar-refractivity contribution in [2.45, 2.75) is 25.0 Å². The summed E-state index contributed by atoms with van der Waals surface area (Å²) in [7, 11) is 1.74. The SMILES string of the molecule is COC1CC(Nc2ccccc2C#N)C1. The Morgan fingerprint density at radius 1 is 1.40 bits per heavy atom. The third kappa shape index (κ3) is 2.11. The molecule has 1 aromatic carbocycles. The van der Waals surface area contributed by atoms with Gasteiger partial charge in [0.15, 0.2) is 0 Å². The van der Waals surface area contributed by atoms with Gasteiger partial charge in [0.1, 0.15) is 6.07 Å². The minimum Gasteiger partial charge on any atom is -0.381 e. The highest BCUT2D eigenvalue weighted by Crippen LogP contribution is 2.27. The fraction of sp³-hybridized carbons (Fsp3) is 0.417. The summed E-state index contributed by atoms with van der Waals surface area (Å²) in [6.07, 6.45) is 2.43. The molecule has 15 heavy (non-hydrogen) atoms. The zero-order chi connectivity index (χ0) is 10.7. The Morgan fingerprint density at radius 3 is 2.80 bits per heavy atom. The van der Waals surface area contributed by atoms with Gasteiger partial charge in [-0.05, 0) is 25.0 Å². The topological polar surface area (TPSA) is 45.0 Å². The number of rotatable bonds is 3. The van der Waals surface area contributed by atoms with Crippen LogP contribution in [0.25, 0.3) is 0 Å². The van der Waals surface area contributed by atoms with E-state index in [9.17, 15) is 0 Å². The fourth-order valence-corrected chi connectivity index (χ4v) is 1.80. The van der Waals surface area contributed by atoms with Gasteiger partial charge in [-0.1, -0.05) is 12.1 Å². The molecular formula is C12H14N2O. The molecule has 0 aliphatic heterocycles. The lowest BCUT2D eigenvalue weighted by atomic mass is 9.89. The molecule has 3 heteroatoms. The van der Waals surface area contributed by atoms with Crippen molar-refractivity contribution in [2.75, 3.05) is 12.4 Å². The van der Waals surface area contributed by atoms with E-state index in [1.807, 2.05) is 24.3 Å². The molecule has 0 atom stereocenters. The molecule has 0 unspecified atom stereocenters. The second-order valence-electron chi connectivity index (χ2n) is 3.83. The van der Waals surface area contributed by atoms with Gasteiger partial charge in [-0.15, -0.1) is 0 Å². The average Bonchev–Trinajstić information content (AvgIpc) is 2.23. The van der Waals surface area contributed by atoms with Crippen molar-refractivity contribution in [3.63, 3.8) is 0 Å². The number of ether oxygens (including phenoxy) is 1. The number of nitrogens with one attached hydrogen (secondary N) is 1. The number of nitriles is 1. The molecule has 0 bridgehead atoms. The normalized spacial score (nSPS) is 24.0. The van der Waals surface area contributed by atoms with Gasteiger partial charge in [-0.25, -0.2) is 0 Å². The molecule has 1 aliphatic carbocycles. The van der Waals surface area contributed by atoms with E-state index >= 15 is 0 Å². The molecule has 0 aromatic heterocycles. The molecule has 0 radical (unpaired) electrons. The van der Waals surface area contributed by atoms with Crippen molar-refractivity contribution in [1.82, 2.24) is 0 Å². The summed E-state index contributed by atoms with van der Waals surface area (Å²) in [6, 6.07) is 10.2. The molecule has 2 rings (SSSR count). The molecule has 1 aromatic rings. The van der Waals surface area contributed by atoms with Crippen LogP contribution >= 0.6 is 0 Å². The number of nitrogens with zero attached hydrogens (tertiary/aromatic N) is 1. The Morgan fingerprint density at radius 2 is 2.13 bits per heavy atom. The highest BCUT2D eigenvalue weighted by Gasteiger charge is 2.28. The van der Waals surface area contributed by atoms with Crippen LogP contribution in [0.1, 0.15) is 18.4 Å². The molecule has 1 N–H and O–H groups in total. The quantitative estimate of drug-likeness (QED) is 0.816. The van der Waals surface area contributed by atoms with Gasteiger partial charge in [0.05, 0.1) is 17.4 Å². The lowest BCUT2D eigenvalue weighted by Gasteiger charge is -2.35. The van der Waals surface area contributed by atoms with Gasteiger partial charge in [0, 0.05) is 13.2 Å². The first-order valence-corrected chi connectivity index (χ1v) is 5.12. The van der Waals surface area contributed by atoms with Gasteiger partial charge >= 0.3 is 0 Å². The molecule has 3 nitrogen and oxygen atoms in total. The zero-order valence-electron chi connectivity index (χ0n) is 8.73. The Labute approximate surface area is 89.7 Å². The predicted molar refractivity (Wildman–Crippen MR) is 58.6 cm³/mol. The second-order valence-corrected chi connectivity index (χ2v) is 3.83. The molecular weight excluding hydrogens is 188 g/mol. The third-order valence-electron chi connectivity index (χ3n) is 2.84. The average molecular weight is 202 g/mol. The lowest BCUT2D eigenvalue weighted by molar-refractivity contribution is 0.0328. The Bertz CT molecular complexity index is 377. The molecule has 1 aliphatic rings. The minimum absolute atomic E-state index is 0.386. The summed E-state index contributed by atoms with van der Waals surface area (Å²) in [4.78, 5) is 0. The van der Waals surface area contributed by atoms with E-state index < -0.39 is 0 Å². The Balaban J connectivity index is 1.97. The lowest BCUT2D eigenvalue weighted by Crippen LogP contribution is -2.40. The van der Waals surface area contributed by atoms with Gasteiger partial charge in [0.25, 0.3) is 0 Å². The third-order valence-corrected chi connectivity index (χ3v) is 2.84. The maximum absolute atomic E-state index is 8.91.